The van der Waals surface area contributed by atoms with Gasteiger partial charge in [0.05, 0.1) is 5.69 Å². The molecule has 6 nitrogen and oxygen atoms in total. The lowest BCUT2D eigenvalue weighted by atomic mass is 10.2. The van der Waals surface area contributed by atoms with Crippen LogP contribution in [0, 0.1) is 0 Å². The molecule has 2 heterocycles. The van der Waals surface area contributed by atoms with Gasteiger partial charge in [-0.2, -0.15) is 0 Å². The van der Waals surface area contributed by atoms with Crippen molar-refractivity contribution < 1.29 is 14.3 Å². The van der Waals surface area contributed by atoms with Crippen LogP contribution in [0.5, 0.6) is 0 Å². The van der Waals surface area contributed by atoms with Gasteiger partial charge in [-0.1, -0.05) is 30.3 Å². The Kier molecular flexibility index (Phi) is 4.72. The third-order valence-electron chi connectivity index (χ3n) is 3.27. The van der Waals surface area contributed by atoms with Gasteiger partial charge in [0.25, 0.3) is 5.91 Å². The smallest absolute Gasteiger partial charge is 0.355 e. The van der Waals surface area contributed by atoms with Gasteiger partial charge in [-0.25, -0.2) is 9.78 Å². The first-order valence-electron chi connectivity index (χ1n) is 7.29. The van der Waals surface area contributed by atoms with E-state index in [0.29, 0.717) is 10.8 Å². The Morgan fingerprint density at radius 3 is 2.71 bits per heavy atom. The maximum atomic E-state index is 12.1. The number of nitrogens with zero attached hydrogens (tertiary/aromatic N) is 1. The average Bonchev–Trinajstić information content (AvgIpc) is 3.27. The molecule has 0 aliphatic carbocycles. The molecule has 0 radical (unpaired) electrons. The maximum absolute atomic E-state index is 12.1. The van der Waals surface area contributed by atoms with Crippen molar-refractivity contribution in [2.45, 2.75) is 13.0 Å². The van der Waals surface area contributed by atoms with Crippen LogP contribution in [-0.2, 0) is 9.53 Å². The lowest BCUT2D eigenvalue weighted by Gasteiger charge is -2.11. The number of H-pyrrole nitrogens is 1. The molecule has 0 bridgehead atoms. The minimum absolute atomic E-state index is 0.301. The molecule has 0 saturated carbocycles. The number of nitrogens with one attached hydrogen (secondary N) is 2. The Hall–Kier alpha value is -2.93. The van der Waals surface area contributed by atoms with Crippen molar-refractivity contribution in [1.29, 1.82) is 0 Å². The lowest BCUT2D eigenvalue weighted by Crippen LogP contribution is -2.30. The SMILES string of the molecule is C[C@H](OC(=O)c1ccc[nH]1)C(=O)Nc1nc(-c2ccccc2)cs1. The summed E-state index contributed by atoms with van der Waals surface area (Å²) in [6.07, 6.45) is 0.687. The van der Waals surface area contributed by atoms with E-state index in [1.807, 2.05) is 35.7 Å². The fraction of sp³-hybridized carbons (Fsp3) is 0.118. The molecular weight excluding hydrogens is 326 g/mol. The fourth-order valence-corrected chi connectivity index (χ4v) is 2.74. The van der Waals surface area contributed by atoms with Gasteiger partial charge in [0, 0.05) is 17.1 Å². The summed E-state index contributed by atoms with van der Waals surface area (Å²) in [5.41, 5.74) is 2.06. The van der Waals surface area contributed by atoms with E-state index in [-0.39, 0.29) is 0 Å². The van der Waals surface area contributed by atoms with Crippen LogP contribution in [0.25, 0.3) is 11.3 Å². The number of thiazole rings is 1. The largest absolute Gasteiger partial charge is 0.448 e. The molecule has 0 aliphatic rings. The highest BCUT2D eigenvalue weighted by molar-refractivity contribution is 7.14. The van der Waals surface area contributed by atoms with Crippen LogP contribution < -0.4 is 5.32 Å². The molecule has 2 N–H and O–H groups in total. The lowest BCUT2D eigenvalue weighted by molar-refractivity contribution is -0.123. The molecule has 122 valence electrons. The van der Waals surface area contributed by atoms with Crippen LogP contribution in [0.3, 0.4) is 0 Å². The molecule has 0 spiro atoms. The van der Waals surface area contributed by atoms with Gasteiger partial charge < -0.3 is 9.72 Å². The number of anilines is 1. The van der Waals surface area contributed by atoms with Gasteiger partial charge >= 0.3 is 5.97 Å². The molecule has 3 aromatic rings. The molecule has 0 aliphatic heterocycles. The van der Waals surface area contributed by atoms with Crippen LogP contribution in [0.1, 0.15) is 17.4 Å². The van der Waals surface area contributed by atoms with Gasteiger partial charge in [-0.05, 0) is 19.1 Å². The van der Waals surface area contributed by atoms with E-state index < -0.39 is 18.0 Å². The van der Waals surface area contributed by atoms with Gasteiger partial charge in [0.1, 0.15) is 5.69 Å². The number of hydrogen-bond donors (Lipinski definition) is 2. The zero-order valence-corrected chi connectivity index (χ0v) is 13.7. The first-order chi connectivity index (χ1) is 11.6. The molecule has 24 heavy (non-hydrogen) atoms. The Balaban J connectivity index is 1.60. The third-order valence-corrected chi connectivity index (χ3v) is 4.03. The van der Waals surface area contributed by atoms with Crippen molar-refractivity contribution in [1.82, 2.24) is 9.97 Å². The second-order valence-electron chi connectivity index (χ2n) is 5.02. The number of amides is 1. The standard InChI is InChI=1S/C17H15N3O3S/c1-11(23-16(22)13-8-5-9-18-13)15(21)20-17-19-14(10-24-17)12-6-3-2-4-7-12/h2-11,18H,1H3,(H,19,20,21)/t11-/m0/s1. The van der Waals surface area contributed by atoms with Gasteiger partial charge in [0.15, 0.2) is 11.2 Å². The Morgan fingerprint density at radius 2 is 2.00 bits per heavy atom. The summed E-state index contributed by atoms with van der Waals surface area (Å²) >= 11 is 1.32. The Morgan fingerprint density at radius 1 is 1.21 bits per heavy atom. The van der Waals surface area contributed by atoms with E-state index in [1.54, 1.807) is 18.3 Å². The summed E-state index contributed by atoms with van der Waals surface area (Å²) in [5, 5.41) is 4.99. The summed E-state index contributed by atoms with van der Waals surface area (Å²) in [7, 11) is 0. The number of aromatic nitrogens is 2. The molecule has 0 unspecified atom stereocenters. The summed E-state index contributed by atoms with van der Waals surface area (Å²) < 4.78 is 5.11. The van der Waals surface area contributed by atoms with Crippen molar-refractivity contribution in [2.24, 2.45) is 0 Å². The number of aromatic amines is 1. The number of benzene rings is 1. The Bertz CT molecular complexity index is 828. The third kappa shape index (κ3) is 3.69. The normalized spacial score (nSPS) is 11.7. The maximum Gasteiger partial charge on any atom is 0.355 e. The summed E-state index contributed by atoms with van der Waals surface area (Å²) in [5.74, 6) is -1.00. The summed E-state index contributed by atoms with van der Waals surface area (Å²) in [6, 6.07) is 12.9. The van der Waals surface area contributed by atoms with Crippen LogP contribution in [0.2, 0.25) is 0 Å². The highest BCUT2D eigenvalue weighted by Gasteiger charge is 2.20. The predicted octanol–water partition coefficient (Wildman–Crippen LogP) is 3.32. The zero-order chi connectivity index (χ0) is 16.9. The average molecular weight is 341 g/mol. The number of carbonyl (C=O) groups excluding carboxylic acids is 2. The summed E-state index contributed by atoms with van der Waals surface area (Å²) in [4.78, 5) is 31.1. The quantitative estimate of drug-likeness (QED) is 0.697. The predicted molar refractivity (Wildman–Crippen MR) is 91.8 cm³/mol. The highest BCUT2D eigenvalue weighted by Crippen LogP contribution is 2.24. The monoisotopic (exact) mass is 341 g/mol. The number of esters is 1. The first kappa shape index (κ1) is 15.9. The van der Waals surface area contributed by atoms with Crippen molar-refractivity contribution in [3.05, 3.63) is 59.7 Å². The molecule has 0 fully saturated rings. The van der Waals surface area contributed by atoms with E-state index >= 15 is 0 Å². The molecule has 1 atom stereocenters. The number of ether oxygens (including phenoxy) is 1. The van der Waals surface area contributed by atoms with E-state index in [2.05, 4.69) is 15.3 Å². The number of rotatable bonds is 5. The van der Waals surface area contributed by atoms with Crippen molar-refractivity contribution in [2.75, 3.05) is 5.32 Å². The van der Waals surface area contributed by atoms with E-state index in [1.165, 1.54) is 18.3 Å². The first-order valence-corrected chi connectivity index (χ1v) is 8.17. The molecule has 1 amide bonds. The molecule has 2 aromatic heterocycles. The van der Waals surface area contributed by atoms with Crippen LogP contribution in [0.15, 0.2) is 54.0 Å². The highest BCUT2D eigenvalue weighted by atomic mass is 32.1. The van der Waals surface area contributed by atoms with Crippen LogP contribution in [-0.4, -0.2) is 27.9 Å². The van der Waals surface area contributed by atoms with Gasteiger partial charge in [-0.15, -0.1) is 11.3 Å². The molecular formula is C17H15N3O3S. The van der Waals surface area contributed by atoms with Gasteiger partial charge in [0.2, 0.25) is 0 Å². The Labute approximate surface area is 142 Å². The minimum atomic E-state index is -0.926. The fourth-order valence-electron chi connectivity index (χ4n) is 2.01. The molecule has 3 rings (SSSR count). The van der Waals surface area contributed by atoms with Crippen molar-refractivity contribution in [3.8, 4) is 11.3 Å². The minimum Gasteiger partial charge on any atom is -0.448 e. The molecule has 1 aromatic carbocycles. The topological polar surface area (TPSA) is 84.1 Å². The number of carbonyl (C=O) groups is 2. The van der Waals surface area contributed by atoms with E-state index in [9.17, 15) is 9.59 Å². The molecule has 7 heteroatoms. The number of hydrogen-bond acceptors (Lipinski definition) is 5. The second-order valence-corrected chi connectivity index (χ2v) is 5.88. The van der Waals surface area contributed by atoms with Crippen LogP contribution >= 0.6 is 11.3 Å². The van der Waals surface area contributed by atoms with E-state index in [0.717, 1.165) is 11.3 Å². The van der Waals surface area contributed by atoms with Crippen LogP contribution in [0.4, 0.5) is 5.13 Å². The van der Waals surface area contributed by atoms with Crippen molar-refractivity contribution >= 4 is 28.3 Å². The summed E-state index contributed by atoms with van der Waals surface area (Å²) in [6.45, 7) is 1.52. The van der Waals surface area contributed by atoms with Gasteiger partial charge in [-0.3, -0.25) is 10.1 Å². The zero-order valence-electron chi connectivity index (χ0n) is 12.9. The van der Waals surface area contributed by atoms with Crippen molar-refractivity contribution in [3.63, 3.8) is 0 Å². The second kappa shape index (κ2) is 7.10. The van der Waals surface area contributed by atoms with E-state index in [4.69, 9.17) is 4.74 Å². The molecule has 0 saturated heterocycles.